The largest absolute Gasteiger partial charge is 0.454 e. The molecule has 2 aliphatic rings. The number of imide groups is 1. The summed E-state index contributed by atoms with van der Waals surface area (Å²) in [6.45, 7) is 0.215. The maximum atomic E-state index is 13.4. The monoisotopic (exact) mass is 480 g/mol. The van der Waals surface area contributed by atoms with E-state index in [1.54, 1.807) is 42.6 Å². The molecule has 0 aliphatic carbocycles. The number of benzene rings is 2. The fourth-order valence-electron chi connectivity index (χ4n) is 3.43. The summed E-state index contributed by atoms with van der Waals surface area (Å²) in [5.74, 6) is -0.114. The first-order chi connectivity index (χ1) is 16.5. The van der Waals surface area contributed by atoms with Crippen molar-refractivity contribution in [3.8, 4) is 17.2 Å². The summed E-state index contributed by atoms with van der Waals surface area (Å²) in [6, 6.07) is 12.6. The molecule has 1 saturated heterocycles. The average Bonchev–Trinajstić information content (AvgIpc) is 3.55. The molecule has 3 aromatic rings. The molecule has 1 aromatic heterocycles. The van der Waals surface area contributed by atoms with Crippen molar-refractivity contribution >= 4 is 34.9 Å². The zero-order valence-electron chi connectivity index (χ0n) is 17.6. The Morgan fingerprint density at radius 1 is 1.15 bits per heavy atom. The summed E-state index contributed by atoms with van der Waals surface area (Å²) >= 11 is 0.835. The number of nitrogens with zero attached hydrogens (tertiary/aromatic N) is 3. The Bertz CT molecular complexity index is 1340. The van der Waals surface area contributed by atoms with Gasteiger partial charge in [-0.25, -0.2) is 9.07 Å². The molecule has 1 fully saturated rings. The first kappa shape index (κ1) is 21.7. The van der Waals surface area contributed by atoms with E-state index in [1.165, 1.54) is 22.9 Å². The van der Waals surface area contributed by atoms with Gasteiger partial charge < -0.3 is 14.8 Å². The van der Waals surface area contributed by atoms with Gasteiger partial charge in [-0.1, -0.05) is 12.1 Å². The number of amides is 3. The van der Waals surface area contributed by atoms with Gasteiger partial charge in [0.2, 0.25) is 6.79 Å². The van der Waals surface area contributed by atoms with Gasteiger partial charge in [-0.3, -0.25) is 19.3 Å². The van der Waals surface area contributed by atoms with Crippen LogP contribution >= 0.6 is 11.8 Å². The van der Waals surface area contributed by atoms with Crippen LogP contribution in [0.3, 0.4) is 0 Å². The molecule has 0 unspecified atom stereocenters. The first-order valence-corrected chi connectivity index (χ1v) is 11.0. The van der Waals surface area contributed by atoms with Crippen LogP contribution in [0.25, 0.3) is 11.8 Å². The lowest BCUT2D eigenvalue weighted by Crippen LogP contribution is -2.37. The Hall–Kier alpha value is -4.12. The zero-order valence-corrected chi connectivity index (χ0v) is 18.4. The third kappa shape index (κ3) is 4.37. The number of aromatic nitrogens is 2. The van der Waals surface area contributed by atoms with Crippen molar-refractivity contribution in [1.29, 1.82) is 0 Å². The van der Waals surface area contributed by atoms with Crippen LogP contribution in [0.15, 0.2) is 59.6 Å². The molecule has 172 valence electrons. The standard InChI is InChI=1S/C23H17FN4O5S/c24-15-2-1-3-16(12-15)28-8-6-17(26-28)21(29)25-7-9-27-22(30)20(34-23(27)31)11-14-4-5-18-19(10-14)33-13-32-18/h1-6,8,10-12H,7,9,13H2,(H,25,29)/b20-11+. The quantitative estimate of drug-likeness (QED) is 0.541. The predicted molar refractivity (Wildman–Crippen MR) is 121 cm³/mol. The van der Waals surface area contributed by atoms with E-state index in [9.17, 15) is 18.8 Å². The van der Waals surface area contributed by atoms with Gasteiger partial charge >= 0.3 is 0 Å². The van der Waals surface area contributed by atoms with E-state index in [-0.39, 0.29) is 30.5 Å². The molecule has 2 aliphatic heterocycles. The van der Waals surface area contributed by atoms with Crippen LogP contribution in [-0.2, 0) is 4.79 Å². The Kier molecular flexibility index (Phi) is 5.76. The van der Waals surface area contributed by atoms with Gasteiger partial charge in [-0.15, -0.1) is 0 Å². The van der Waals surface area contributed by atoms with Crippen LogP contribution in [0.1, 0.15) is 16.1 Å². The van der Waals surface area contributed by atoms with E-state index in [4.69, 9.17) is 9.47 Å². The van der Waals surface area contributed by atoms with Crippen LogP contribution in [0.2, 0.25) is 0 Å². The molecule has 0 radical (unpaired) electrons. The van der Waals surface area contributed by atoms with E-state index < -0.39 is 22.9 Å². The highest BCUT2D eigenvalue weighted by Crippen LogP contribution is 2.36. The summed E-state index contributed by atoms with van der Waals surface area (Å²) in [6.07, 6.45) is 3.16. The minimum atomic E-state index is -0.474. The molecule has 11 heteroatoms. The van der Waals surface area contributed by atoms with Crippen LogP contribution in [0, 0.1) is 5.82 Å². The number of hydrogen-bond donors (Lipinski definition) is 1. The molecule has 3 amide bonds. The Labute approximate surface area is 197 Å². The molecular formula is C23H17FN4O5S. The van der Waals surface area contributed by atoms with Gasteiger partial charge in [0.15, 0.2) is 17.2 Å². The second kappa shape index (κ2) is 9.02. The van der Waals surface area contributed by atoms with E-state index in [0.717, 1.165) is 16.7 Å². The number of ether oxygens (including phenoxy) is 2. The van der Waals surface area contributed by atoms with Crippen molar-refractivity contribution in [3.05, 3.63) is 76.7 Å². The fourth-order valence-corrected chi connectivity index (χ4v) is 4.29. The third-order valence-corrected chi connectivity index (χ3v) is 5.99. The van der Waals surface area contributed by atoms with Gasteiger partial charge in [-0.2, -0.15) is 5.10 Å². The number of carbonyl (C=O) groups is 3. The van der Waals surface area contributed by atoms with E-state index >= 15 is 0 Å². The maximum absolute atomic E-state index is 13.4. The number of hydrogen-bond acceptors (Lipinski definition) is 7. The number of carbonyl (C=O) groups excluding carboxylic acids is 3. The minimum Gasteiger partial charge on any atom is -0.454 e. The van der Waals surface area contributed by atoms with Gasteiger partial charge in [0.1, 0.15) is 5.82 Å². The molecular weight excluding hydrogens is 463 g/mol. The van der Waals surface area contributed by atoms with Crippen molar-refractivity contribution in [2.75, 3.05) is 19.9 Å². The highest BCUT2D eigenvalue weighted by Gasteiger charge is 2.34. The highest BCUT2D eigenvalue weighted by molar-refractivity contribution is 8.18. The van der Waals surface area contributed by atoms with Crippen molar-refractivity contribution in [2.45, 2.75) is 0 Å². The molecule has 0 spiro atoms. The smallest absolute Gasteiger partial charge is 0.293 e. The molecule has 3 heterocycles. The molecule has 0 atom stereocenters. The number of nitrogens with one attached hydrogen (secondary N) is 1. The zero-order chi connectivity index (χ0) is 23.7. The van der Waals surface area contributed by atoms with Gasteiger partial charge in [0, 0.05) is 19.3 Å². The SMILES string of the molecule is O=C(NCCN1C(=O)S/C(=C/c2ccc3c(c2)OCO3)C1=O)c1ccn(-c2cccc(F)c2)n1. The fraction of sp³-hybridized carbons (Fsp3) is 0.130. The lowest BCUT2D eigenvalue weighted by atomic mass is 10.2. The Morgan fingerprint density at radius 2 is 2.00 bits per heavy atom. The number of rotatable bonds is 6. The van der Waals surface area contributed by atoms with Crippen LogP contribution in [0.4, 0.5) is 9.18 Å². The van der Waals surface area contributed by atoms with Gasteiger partial charge in [0.25, 0.3) is 17.1 Å². The third-order valence-electron chi connectivity index (χ3n) is 5.08. The second-order valence-corrected chi connectivity index (χ2v) is 8.32. The minimum absolute atomic E-state index is 0.0134. The van der Waals surface area contributed by atoms with Crippen LogP contribution < -0.4 is 14.8 Å². The lowest BCUT2D eigenvalue weighted by molar-refractivity contribution is -0.122. The topological polar surface area (TPSA) is 103 Å². The van der Waals surface area contributed by atoms with E-state index in [1.807, 2.05) is 0 Å². The summed E-state index contributed by atoms with van der Waals surface area (Å²) in [5.41, 5.74) is 1.31. The van der Waals surface area contributed by atoms with Crippen molar-refractivity contribution in [1.82, 2.24) is 20.0 Å². The summed E-state index contributed by atoms with van der Waals surface area (Å²) in [5, 5.41) is 6.37. The van der Waals surface area contributed by atoms with Crippen molar-refractivity contribution in [3.63, 3.8) is 0 Å². The summed E-state index contributed by atoms with van der Waals surface area (Å²) in [4.78, 5) is 38.8. The molecule has 9 nitrogen and oxygen atoms in total. The van der Waals surface area contributed by atoms with Crippen LogP contribution in [0.5, 0.6) is 11.5 Å². The summed E-state index contributed by atoms with van der Waals surface area (Å²) < 4.78 is 25.4. The van der Waals surface area contributed by atoms with Gasteiger partial charge in [0.05, 0.1) is 10.6 Å². The molecule has 2 aromatic carbocycles. The van der Waals surface area contributed by atoms with Crippen molar-refractivity contribution < 1.29 is 28.2 Å². The second-order valence-electron chi connectivity index (χ2n) is 7.33. The molecule has 0 bridgehead atoms. The lowest BCUT2D eigenvalue weighted by Gasteiger charge is -2.12. The number of halogens is 1. The molecule has 34 heavy (non-hydrogen) atoms. The first-order valence-electron chi connectivity index (χ1n) is 10.2. The highest BCUT2D eigenvalue weighted by atomic mass is 32.2. The Morgan fingerprint density at radius 3 is 2.85 bits per heavy atom. The predicted octanol–water partition coefficient (Wildman–Crippen LogP) is 3.21. The maximum Gasteiger partial charge on any atom is 0.293 e. The molecule has 5 rings (SSSR count). The normalized spacial score (nSPS) is 15.9. The van der Waals surface area contributed by atoms with E-state index in [2.05, 4.69) is 10.4 Å². The number of fused-ring (bicyclic) bond motifs is 1. The number of thioether (sulfide) groups is 1. The van der Waals surface area contributed by atoms with Gasteiger partial charge in [-0.05, 0) is 59.8 Å². The average molecular weight is 480 g/mol. The van der Waals surface area contributed by atoms with Crippen LogP contribution in [-0.4, -0.2) is 51.6 Å². The Balaban J connectivity index is 1.18. The van der Waals surface area contributed by atoms with E-state index in [0.29, 0.717) is 22.7 Å². The summed E-state index contributed by atoms with van der Waals surface area (Å²) in [7, 11) is 0. The van der Waals surface area contributed by atoms with Crippen molar-refractivity contribution in [2.24, 2.45) is 0 Å². The molecule has 1 N–H and O–H groups in total. The molecule has 0 saturated carbocycles.